The standard InChI is InChI=1S/C27H31N3O7S3/c1-3-37-23-8-6-22(7-9-23)30(40(34,35)26-14-10-24(38-2)11-15-26)20-27(31)28-21-4-12-25(13-5-21)39(32,33)29-16-18-36-19-17-29/h4-15H,3,16-20H2,1-2H3,(H,28,31). The normalized spacial score (nSPS) is 14.4. The minimum Gasteiger partial charge on any atom is -0.494 e. The van der Waals surface area contributed by atoms with Crippen LogP contribution in [0.2, 0.25) is 0 Å². The van der Waals surface area contributed by atoms with E-state index in [-0.39, 0.29) is 22.9 Å². The predicted molar refractivity (Wildman–Crippen MR) is 155 cm³/mol. The Morgan fingerprint density at radius 1 is 0.925 bits per heavy atom. The Morgan fingerprint density at radius 3 is 2.10 bits per heavy atom. The third kappa shape index (κ3) is 6.96. The summed E-state index contributed by atoms with van der Waals surface area (Å²) < 4.78 is 66.2. The van der Waals surface area contributed by atoms with Gasteiger partial charge in [-0.2, -0.15) is 4.31 Å². The van der Waals surface area contributed by atoms with Gasteiger partial charge in [0.15, 0.2) is 0 Å². The molecule has 10 nitrogen and oxygen atoms in total. The molecular formula is C27H31N3O7S3. The van der Waals surface area contributed by atoms with Gasteiger partial charge in [-0.15, -0.1) is 11.8 Å². The van der Waals surface area contributed by atoms with Gasteiger partial charge in [-0.1, -0.05) is 0 Å². The Hall–Kier alpha value is -3.10. The fourth-order valence-electron chi connectivity index (χ4n) is 4.04. The first kappa shape index (κ1) is 29.9. The average Bonchev–Trinajstić information content (AvgIpc) is 2.97. The second kappa shape index (κ2) is 13.0. The van der Waals surface area contributed by atoms with E-state index in [2.05, 4.69) is 5.32 Å². The van der Waals surface area contributed by atoms with E-state index in [1.165, 1.54) is 52.5 Å². The molecular weight excluding hydrogens is 575 g/mol. The zero-order valence-electron chi connectivity index (χ0n) is 22.1. The number of amides is 1. The number of hydrogen-bond donors (Lipinski definition) is 1. The van der Waals surface area contributed by atoms with Crippen LogP contribution in [0.1, 0.15) is 6.92 Å². The van der Waals surface area contributed by atoms with Crippen LogP contribution in [-0.4, -0.2) is 72.8 Å². The Morgan fingerprint density at radius 2 is 1.52 bits per heavy atom. The van der Waals surface area contributed by atoms with Crippen LogP contribution >= 0.6 is 11.8 Å². The molecule has 1 aliphatic heterocycles. The lowest BCUT2D eigenvalue weighted by Crippen LogP contribution is -2.40. The minimum absolute atomic E-state index is 0.0460. The van der Waals surface area contributed by atoms with Gasteiger partial charge in [-0.25, -0.2) is 16.8 Å². The molecule has 0 atom stereocenters. The van der Waals surface area contributed by atoms with Crippen LogP contribution < -0.4 is 14.4 Å². The van der Waals surface area contributed by atoms with Crippen LogP contribution in [0.3, 0.4) is 0 Å². The summed E-state index contributed by atoms with van der Waals surface area (Å²) in [7, 11) is -7.79. The van der Waals surface area contributed by atoms with Gasteiger partial charge < -0.3 is 14.8 Å². The van der Waals surface area contributed by atoms with Gasteiger partial charge in [-0.3, -0.25) is 9.10 Å². The van der Waals surface area contributed by atoms with Crippen LogP contribution in [0, 0.1) is 0 Å². The number of carbonyl (C=O) groups is 1. The van der Waals surface area contributed by atoms with Crippen molar-refractivity contribution in [2.45, 2.75) is 21.6 Å². The summed E-state index contributed by atoms with van der Waals surface area (Å²) in [6.07, 6.45) is 1.89. The van der Waals surface area contributed by atoms with E-state index < -0.39 is 32.5 Å². The SMILES string of the molecule is CCOc1ccc(N(CC(=O)Nc2ccc(S(=O)(=O)N3CCOCC3)cc2)S(=O)(=O)c2ccc(SC)cc2)cc1. The summed E-state index contributed by atoms with van der Waals surface area (Å²) in [5.41, 5.74) is 0.624. The van der Waals surface area contributed by atoms with E-state index in [0.717, 1.165) is 9.20 Å². The Labute approximate surface area is 239 Å². The van der Waals surface area contributed by atoms with Gasteiger partial charge in [0, 0.05) is 23.7 Å². The van der Waals surface area contributed by atoms with Crippen molar-refractivity contribution < 1.29 is 31.1 Å². The lowest BCUT2D eigenvalue weighted by atomic mass is 10.3. The maximum atomic E-state index is 13.7. The molecule has 1 N–H and O–H groups in total. The molecule has 1 aliphatic rings. The van der Waals surface area contributed by atoms with E-state index in [4.69, 9.17) is 9.47 Å². The molecule has 214 valence electrons. The summed E-state index contributed by atoms with van der Waals surface area (Å²) in [4.78, 5) is 14.1. The lowest BCUT2D eigenvalue weighted by molar-refractivity contribution is -0.114. The molecule has 0 spiro atoms. The third-order valence-electron chi connectivity index (χ3n) is 6.12. The van der Waals surface area contributed by atoms with Crippen molar-refractivity contribution in [2.75, 3.05) is 55.3 Å². The number of carbonyl (C=O) groups excluding carboxylic acids is 1. The zero-order chi connectivity index (χ0) is 28.8. The largest absolute Gasteiger partial charge is 0.494 e. The number of benzene rings is 3. The molecule has 3 aromatic carbocycles. The monoisotopic (exact) mass is 605 g/mol. The first-order valence-corrected chi connectivity index (χ1v) is 16.6. The van der Waals surface area contributed by atoms with Crippen molar-refractivity contribution in [3.8, 4) is 5.75 Å². The molecule has 0 aliphatic carbocycles. The highest BCUT2D eigenvalue weighted by Gasteiger charge is 2.28. The van der Waals surface area contributed by atoms with Crippen LogP contribution in [0.25, 0.3) is 0 Å². The number of rotatable bonds is 11. The molecule has 1 fully saturated rings. The molecule has 0 unspecified atom stereocenters. The number of anilines is 2. The van der Waals surface area contributed by atoms with Crippen molar-refractivity contribution >= 4 is 49.1 Å². The highest BCUT2D eigenvalue weighted by Crippen LogP contribution is 2.27. The summed E-state index contributed by atoms with van der Waals surface area (Å²) in [5.74, 6) is -0.0218. The predicted octanol–water partition coefficient (Wildman–Crippen LogP) is 3.66. The highest BCUT2D eigenvalue weighted by atomic mass is 32.2. The third-order valence-corrected chi connectivity index (χ3v) is 10.6. The molecule has 3 aromatic rings. The van der Waals surface area contributed by atoms with E-state index in [0.29, 0.717) is 36.9 Å². The minimum atomic E-state index is -4.10. The van der Waals surface area contributed by atoms with E-state index >= 15 is 0 Å². The molecule has 0 radical (unpaired) electrons. The topological polar surface area (TPSA) is 122 Å². The van der Waals surface area contributed by atoms with Crippen molar-refractivity contribution in [1.82, 2.24) is 4.31 Å². The number of hydrogen-bond acceptors (Lipinski definition) is 8. The smallest absolute Gasteiger partial charge is 0.264 e. The molecule has 4 rings (SSSR count). The van der Waals surface area contributed by atoms with Gasteiger partial charge in [-0.05, 0) is 86.0 Å². The number of thioether (sulfide) groups is 1. The Kier molecular flexibility index (Phi) is 9.74. The summed E-state index contributed by atoms with van der Waals surface area (Å²) in [6.45, 7) is 3.02. The fraction of sp³-hybridized carbons (Fsp3) is 0.296. The molecule has 1 heterocycles. The Bertz CT molecular complexity index is 1510. The number of ether oxygens (including phenoxy) is 2. The second-order valence-corrected chi connectivity index (χ2v) is 13.4. The van der Waals surface area contributed by atoms with E-state index in [1.807, 2.05) is 13.2 Å². The van der Waals surface area contributed by atoms with Gasteiger partial charge >= 0.3 is 0 Å². The van der Waals surface area contributed by atoms with Crippen LogP contribution in [0.4, 0.5) is 11.4 Å². The van der Waals surface area contributed by atoms with Crippen LogP contribution in [-0.2, 0) is 29.6 Å². The summed E-state index contributed by atoms with van der Waals surface area (Å²) in [6, 6.07) is 18.7. The second-order valence-electron chi connectivity index (χ2n) is 8.70. The van der Waals surface area contributed by atoms with Gasteiger partial charge in [0.05, 0.1) is 35.3 Å². The van der Waals surface area contributed by atoms with Crippen LogP contribution in [0.15, 0.2) is 87.5 Å². The molecule has 40 heavy (non-hydrogen) atoms. The molecule has 1 amide bonds. The van der Waals surface area contributed by atoms with Crippen molar-refractivity contribution in [3.05, 3.63) is 72.8 Å². The quantitative estimate of drug-likeness (QED) is 0.329. The maximum absolute atomic E-state index is 13.7. The molecule has 0 bridgehead atoms. The number of nitrogens with one attached hydrogen (secondary N) is 1. The zero-order valence-corrected chi connectivity index (χ0v) is 24.6. The van der Waals surface area contributed by atoms with Gasteiger partial charge in [0.1, 0.15) is 12.3 Å². The van der Waals surface area contributed by atoms with Crippen molar-refractivity contribution in [3.63, 3.8) is 0 Å². The average molecular weight is 606 g/mol. The van der Waals surface area contributed by atoms with Crippen molar-refractivity contribution in [1.29, 1.82) is 0 Å². The van der Waals surface area contributed by atoms with Crippen molar-refractivity contribution in [2.24, 2.45) is 0 Å². The number of morpholine rings is 1. The first-order chi connectivity index (χ1) is 19.1. The fourth-order valence-corrected chi connectivity index (χ4v) is 7.28. The van der Waals surface area contributed by atoms with E-state index in [9.17, 15) is 21.6 Å². The first-order valence-electron chi connectivity index (χ1n) is 12.5. The lowest BCUT2D eigenvalue weighted by Gasteiger charge is -2.26. The molecule has 0 saturated carbocycles. The highest BCUT2D eigenvalue weighted by molar-refractivity contribution is 7.98. The number of sulfonamides is 2. The summed E-state index contributed by atoms with van der Waals surface area (Å²) >= 11 is 1.49. The van der Waals surface area contributed by atoms with E-state index in [1.54, 1.807) is 36.4 Å². The van der Waals surface area contributed by atoms with Gasteiger partial charge in [0.2, 0.25) is 15.9 Å². The maximum Gasteiger partial charge on any atom is 0.264 e. The van der Waals surface area contributed by atoms with Gasteiger partial charge in [0.25, 0.3) is 10.0 Å². The molecule has 0 aromatic heterocycles. The molecule has 13 heteroatoms. The van der Waals surface area contributed by atoms with Crippen LogP contribution in [0.5, 0.6) is 5.75 Å². The summed E-state index contributed by atoms with van der Waals surface area (Å²) in [5, 5.41) is 2.67. The number of nitrogens with zero attached hydrogens (tertiary/aromatic N) is 2. The molecule has 1 saturated heterocycles. The Balaban J connectivity index is 1.55.